The highest BCUT2D eigenvalue weighted by molar-refractivity contribution is 8.01. The first-order valence-electron chi connectivity index (χ1n) is 8.87. The van der Waals surface area contributed by atoms with Crippen molar-refractivity contribution in [3.05, 3.63) is 41.6 Å². The van der Waals surface area contributed by atoms with Crippen LogP contribution in [0.15, 0.2) is 35.2 Å². The third kappa shape index (κ3) is 3.51. The van der Waals surface area contributed by atoms with Crippen molar-refractivity contribution in [2.24, 2.45) is 5.92 Å². The number of nitrogens with zero attached hydrogens (tertiary/aromatic N) is 1. The molecule has 0 saturated heterocycles. The second kappa shape index (κ2) is 7.01. The molecule has 4 nitrogen and oxygen atoms in total. The maximum absolute atomic E-state index is 12.5. The second-order valence-electron chi connectivity index (χ2n) is 6.89. The van der Waals surface area contributed by atoms with E-state index in [0.29, 0.717) is 5.82 Å². The summed E-state index contributed by atoms with van der Waals surface area (Å²) in [7, 11) is 0. The lowest BCUT2D eigenvalue weighted by Gasteiger charge is -2.20. The zero-order chi connectivity index (χ0) is 16.4. The Kier molecular flexibility index (Phi) is 4.60. The Balaban J connectivity index is 1.33. The quantitative estimate of drug-likeness (QED) is 0.877. The van der Waals surface area contributed by atoms with Gasteiger partial charge in [0.25, 0.3) is 0 Å². The summed E-state index contributed by atoms with van der Waals surface area (Å²) >= 11 is 1.65. The molecule has 0 bridgehead atoms. The van der Waals surface area contributed by atoms with Crippen molar-refractivity contribution in [2.45, 2.75) is 55.1 Å². The van der Waals surface area contributed by atoms with Crippen LogP contribution < -0.4 is 5.32 Å². The molecule has 24 heavy (non-hydrogen) atoms. The van der Waals surface area contributed by atoms with Crippen LogP contribution in [0.5, 0.6) is 0 Å². The Bertz CT molecular complexity index is 696. The lowest BCUT2D eigenvalue weighted by Crippen LogP contribution is -2.24. The number of carbonyl (C=O) groups is 1. The summed E-state index contributed by atoms with van der Waals surface area (Å²) in [6.45, 7) is 0. The first-order valence-corrected chi connectivity index (χ1v) is 9.75. The standard InChI is InChI=1S/C19H23N3OS/c23-19(17-11-14-8-4-5-9-16(14)24-17)20-18-12-15(21-22-18)10-13-6-2-1-3-7-13/h4-5,8-9,12-13,17H,1-3,6-7,10-11H2,(H2,20,21,22,23). The minimum absolute atomic E-state index is 0.0481. The van der Waals surface area contributed by atoms with E-state index in [4.69, 9.17) is 0 Å². The molecule has 1 atom stereocenters. The fourth-order valence-electron chi connectivity index (χ4n) is 3.77. The number of hydrogen-bond acceptors (Lipinski definition) is 3. The van der Waals surface area contributed by atoms with E-state index in [0.717, 1.165) is 24.5 Å². The molecule has 1 saturated carbocycles. The average molecular weight is 341 g/mol. The zero-order valence-corrected chi connectivity index (χ0v) is 14.6. The summed E-state index contributed by atoms with van der Waals surface area (Å²) in [5, 5.41) is 10.3. The topological polar surface area (TPSA) is 57.8 Å². The minimum atomic E-state index is -0.0547. The van der Waals surface area contributed by atoms with E-state index in [1.54, 1.807) is 11.8 Å². The Morgan fingerprint density at radius 2 is 2.08 bits per heavy atom. The number of benzene rings is 1. The molecule has 1 aromatic heterocycles. The second-order valence-corrected chi connectivity index (χ2v) is 8.14. The van der Waals surface area contributed by atoms with E-state index in [1.165, 1.54) is 42.6 Å². The molecule has 1 aliphatic carbocycles. The van der Waals surface area contributed by atoms with Gasteiger partial charge in [-0.25, -0.2) is 0 Å². The van der Waals surface area contributed by atoms with Crippen LogP contribution >= 0.6 is 11.8 Å². The minimum Gasteiger partial charge on any atom is -0.308 e. The number of rotatable bonds is 4. The molecule has 2 heterocycles. The molecule has 4 rings (SSSR count). The first-order chi connectivity index (χ1) is 11.8. The van der Waals surface area contributed by atoms with E-state index < -0.39 is 0 Å². The van der Waals surface area contributed by atoms with Crippen molar-refractivity contribution in [1.82, 2.24) is 10.2 Å². The Labute approximate surface area is 146 Å². The van der Waals surface area contributed by atoms with Crippen molar-refractivity contribution < 1.29 is 4.79 Å². The summed E-state index contributed by atoms with van der Waals surface area (Å²) < 4.78 is 0. The molecule has 2 N–H and O–H groups in total. The Hall–Kier alpha value is -1.75. The highest BCUT2D eigenvalue weighted by Gasteiger charge is 2.28. The third-order valence-corrected chi connectivity index (χ3v) is 6.37. The predicted octanol–water partition coefficient (Wildman–Crippen LogP) is 4.19. The van der Waals surface area contributed by atoms with E-state index >= 15 is 0 Å². The SMILES string of the molecule is O=C(Nc1cc(CC2CCCCC2)[nH]n1)C1Cc2ccccc2S1. The van der Waals surface area contributed by atoms with Gasteiger partial charge in [0, 0.05) is 16.7 Å². The molecule has 0 radical (unpaired) electrons. The highest BCUT2D eigenvalue weighted by Crippen LogP contribution is 2.37. The van der Waals surface area contributed by atoms with E-state index in [2.05, 4.69) is 27.6 Å². The van der Waals surface area contributed by atoms with Gasteiger partial charge in [-0.3, -0.25) is 9.89 Å². The maximum Gasteiger partial charge on any atom is 0.239 e. The van der Waals surface area contributed by atoms with Gasteiger partial charge in [0.2, 0.25) is 5.91 Å². The highest BCUT2D eigenvalue weighted by atomic mass is 32.2. The number of carbonyl (C=O) groups excluding carboxylic acids is 1. The molecular weight excluding hydrogens is 318 g/mol. The number of anilines is 1. The van der Waals surface area contributed by atoms with Gasteiger partial charge in [-0.05, 0) is 30.4 Å². The normalized spacial score (nSPS) is 20.8. The largest absolute Gasteiger partial charge is 0.308 e. The number of hydrogen-bond donors (Lipinski definition) is 2. The zero-order valence-electron chi connectivity index (χ0n) is 13.8. The summed E-state index contributed by atoms with van der Waals surface area (Å²) in [6, 6.07) is 10.2. The monoisotopic (exact) mass is 341 g/mol. The fraction of sp³-hybridized carbons (Fsp3) is 0.474. The summed E-state index contributed by atoms with van der Waals surface area (Å²) in [4.78, 5) is 13.7. The van der Waals surface area contributed by atoms with Crippen LogP contribution in [0, 0.1) is 5.92 Å². The van der Waals surface area contributed by atoms with Gasteiger partial charge < -0.3 is 5.32 Å². The van der Waals surface area contributed by atoms with Crippen molar-refractivity contribution in [1.29, 1.82) is 0 Å². The smallest absolute Gasteiger partial charge is 0.239 e. The molecular formula is C19H23N3OS. The number of aromatic nitrogens is 2. The van der Waals surface area contributed by atoms with E-state index in [-0.39, 0.29) is 11.2 Å². The average Bonchev–Trinajstić information content (AvgIpc) is 3.22. The van der Waals surface area contributed by atoms with E-state index in [9.17, 15) is 4.79 Å². The Morgan fingerprint density at radius 3 is 2.92 bits per heavy atom. The predicted molar refractivity (Wildman–Crippen MR) is 97.3 cm³/mol. The number of aromatic amines is 1. The summed E-state index contributed by atoms with van der Waals surface area (Å²) in [6.07, 6.45) is 8.56. The molecule has 2 aliphatic rings. The van der Waals surface area contributed by atoms with Crippen LogP contribution in [0.1, 0.15) is 43.4 Å². The van der Waals surface area contributed by atoms with Gasteiger partial charge in [0.1, 0.15) is 0 Å². The van der Waals surface area contributed by atoms with Crippen LogP contribution in [0.4, 0.5) is 5.82 Å². The molecule has 5 heteroatoms. The molecule has 2 aromatic rings. The number of thioether (sulfide) groups is 1. The Morgan fingerprint density at radius 1 is 1.25 bits per heavy atom. The molecule has 126 valence electrons. The number of fused-ring (bicyclic) bond motifs is 1. The molecule has 1 fully saturated rings. The van der Waals surface area contributed by atoms with Gasteiger partial charge in [0.05, 0.1) is 5.25 Å². The fourth-order valence-corrected chi connectivity index (χ4v) is 4.96. The van der Waals surface area contributed by atoms with Crippen molar-refractivity contribution in [3.63, 3.8) is 0 Å². The molecule has 1 amide bonds. The maximum atomic E-state index is 12.5. The lowest BCUT2D eigenvalue weighted by molar-refractivity contribution is -0.115. The van der Waals surface area contributed by atoms with Crippen molar-refractivity contribution >= 4 is 23.5 Å². The van der Waals surface area contributed by atoms with Gasteiger partial charge in [-0.1, -0.05) is 50.3 Å². The van der Waals surface area contributed by atoms with Crippen LogP contribution in [0.2, 0.25) is 0 Å². The third-order valence-electron chi connectivity index (χ3n) is 5.06. The van der Waals surface area contributed by atoms with Crippen LogP contribution in [-0.4, -0.2) is 21.4 Å². The van der Waals surface area contributed by atoms with Gasteiger partial charge in [0.15, 0.2) is 5.82 Å². The van der Waals surface area contributed by atoms with Gasteiger partial charge in [-0.2, -0.15) is 5.10 Å². The summed E-state index contributed by atoms with van der Waals surface area (Å²) in [5.74, 6) is 1.47. The number of amides is 1. The van der Waals surface area contributed by atoms with Crippen LogP contribution in [0.3, 0.4) is 0 Å². The molecule has 1 unspecified atom stereocenters. The first kappa shape index (κ1) is 15.8. The molecule has 1 aromatic carbocycles. The number of nitrogens with one attached hydrogen (secondary N) is 2. The van der Waals surface area contributed by atoms with Gasteiger partial charge in [-0.15, -0.1) is 11.8 Å². The molecule has 0 spiro atoms. The summed E-state index contributed by atoms with van der Waals surface area (Å²) in [5.41, 5.74) is 2.40. The lowest BCUT2D eigenvalue weighted by atomic mass is 9.86. The van der Waals surface area contributed by atoms with E-state index in [1.807, 2.05) is 18.2 Å². The van der Waals surface area contributed by atoms with Crippen molar-refractivity contribution in [2.75, 3.05) is 5.32 Å². The molecule has 1 aliphatic heterocycles. The van der Waals surface area contributed by atoms with Gasteiger partial charge >= 0.3 is 0 Å². The van der Waals surface area contributed by atoms with Crippen molar-refractivity contribution in [3.8, 4) is 0 Å². The van der Waals surface area contributed by atoms with Crippen LogP contribution in [-0.2, 0) is 17.6 Å². The van der Waals surface area contributed by atoms with Crippen LogP contribution in [0.25, 0.3) is 0 Å². The number of H-pyrrole nitrogens is 1.